The van der Waals surface area contributed by atoms with Gasteiger partial charge in [0.15, 0.2) is 12.4 Å². The van der Waals surface area contributed by atoms with E-state index < -0.39 is 95.5 Å². The fraction of sp³-hybridized carbons (Fsp3) is 0.422. The second-order valence-corrected chi connectivity index (χ2v) is 15.7. The molecule has 0 aromatic heterocycles. The largest absolute Gasteiger partial charge is 0.507 e. The lowest BCUT2D eigenvalue weighted by atomic mass is 9.78. The van der Waals surface area contributed by atoms with Crippen LogP contribution in [0.1, 0.15) is 64.4 Å². The third-order valence-electron chi connectivity index (χ3n) is 11.3. The van der Waals surface area contributed by atoms with Crippen LogP contribution in [0.5, 0.6) is 23.0 Å². The van der Waals surface area contributed by atoms with Gasteiger partial charge in [-0.1, -0.05) is 64.1 Å². The fourth-order valence-corrected chi connectivity index (χ4v) is 7.59. The number of carbonyl (C=O) groups is 4. The van der Waals surface area contributed by atoms with Crippen molar-refractivity contribution in [2.24, 2.45) is 23.7 Å². The Hall–Kier alpha value is -6.10. The molecule has 16 heteroatoms. The number of aliphatic hydroxyl groups is 2. The van der Waals surface area contributed by atoms with Crippen LogP contribution in [0.25, 0.3) is 10.8 Å². The highest BCUT2D eigenvalue weighted by atomic mass is 16.7. The van der Waals surface area contributed by atoms with E-state index in [1.165, 1.54) is 59.3 Å². The Morgan fingerprint density at radius 1 is 0.934 bits per heavy atom. The van der Waals surface area contributed by atoms with Crippen LogP contribution in [-0.4, -0.2) is 87.9 Å². The predicted octanol–water partition coefficient (Wildman–Crippen LogP) is 5.57. The number of hydrogen-bond acceptors (Lipinski definition) is 14. The maximum Gasteiger partial charge on any atom is 0.312 e. The van der Waals surface area contributed by atoms with Crippen molar-refractivity contribution < 1.29 is 63.3 Å². The van der Waals surface area contributed by atoms with E-state index in [4.69, 9.17) is 23.7 Å². The summed E-state index contributed by atoms with van der Waals surface area (Å²) < 4.78 is 29.6. The number of amides is 2. The number of nitrogens with one attached hydrogen (secondary N) is 3. The number of ether oxygens (including phenoxy) is 5. The maximum absolute atomic E-state index is 14.5. The summed E-state index contributed by atoms with van der Waals surface area (Å²) in [5.41, 5.74) is 5.76. The number of anilines is 2. The molecule has 3 aromatic rings. The quantitative estimate of drug-likeness (QED) is 0.0876. The Morgan fingerprint density at radius 3 is 2.28 bits per heavy atom. The highest BCUT2D eigenvalue weighted by molar-refractivity contribution is 6.21. The highest BCUT2D eigenvalue weighted by Gasteiger charge is 2.49. The van der Waals surface area contributed by atoms with Gasteiger partial charge in [-0.25, -0.2) is 0 Å². The van der Waals surface area contributed by atoms with E-state index in [1.807, 2.05) is 6.07 Å². The number of aromatic hydroxyl groups is 2. The van der Waals surface area contributed by atoms with Gasteiger partial charge < -0.3 is 49.4 Å². The summed E-state index contributed by atoms with van der Waals surface area (Å²) in [5, 5.41) is 48.4. The Bertz CT molecular complexity index is 2240. The molecule has 3 heterocycles. The van der Waals surface area contributed by atoms with Crippen molar-refractivity contribution in [3.8, 4) is 23.0 Å². The van der Waals surface area contributed by atoms with Gasteiger partial charge in [0, 0.05) is 67.2 Å². The van der Waals surface area contributed by atoms with Crippen LogP contribution in [0.3, 0.4) is 0 Å². The molecule has 7 N–H and O–H groups in total. The van der Waals surface area contributed by atoms with Crippen LogP contribution in [0, 0.1) is 30.6 Å². The third-order valence-corrected chi connectivity index (χ3v) is 11.3. The maximum atomic E-state index is 14.5. The molecular weight excluding hydrogens is 791 g/mol. The monoisotopic (exact) mass is 845 g/mol. The van der Waals surface area contributed by atoms with Crippen LogP contribution in [-0.2, 0) is 28.6 Å². The Balaban J connectivity index is 1.63. The number of hydrogen-bond donors (Lipinski definition) is 7. The van der Waals surface area contributed by atoms with Crippen molar-refractivity contribution in [2.45, 2.75) is 85.6 Å². The molecule has 328 valence electrons. The van der Waals surface area contributed by atoms with E-state index >= 15 is 0 Å². The van der Waals surface area contributed by atoms with E-state index in [-0.39, 0.29) is 44.7 Å². The number of phenolic OH excluding ortho intramolecular Hbond substituents is 2. The number of hydrazine groups is 1. The number of fused-ring (bicyclic) bond motifs is 14. The molecule has 0 radical (unpaired) electrons. The van der Waals surface area contributed by atoms with Crippen LogP contribution in [0.15, 0.2) is 72.5 Å². The SMILES string of the molecule is CO[C@H]1/C=C/O[C@@]2(C)Oc3c(C)c(O)c4c(O)c(cc(OCC(=O)NNc5ccccc5)c4c3C2=O)NC(=O)/C(C)=C\C=C\[C@H](C)[C@H](O)[C@@H](C)[C@@H](O)[C@@H](C)[C@H](OC(C)=O)[C@@H]1C. The molecule has 9 atom stereocenters. The molecule has 5 bridgehead atoms. The van der Waals surface area contributed by atoms with E-state index in [0.717, 1.165) is 0 Å². The molecule has 0 aliphatic carbocycles. The normalized spacial score (nSPS) is 29.1. The van der Waals surface area contributed by atoms with E-state index in [1.54, 1.807) is 64.1 Å². The Morgan fingerprint density at radius 2 is 1.62 bits per heavy atom. The third kappa shape index (κ3) is 9.77. The van der Waals surface area contributed by atoms with Crippen molar-refractivity contribution >= 4 is 45.7 Å². The standard InChI is InChI=1S/C45H55N3O13/c1-22-14-13-15-23(2)44(56)46-30-20-32(58-21-33(50)48-47-29-16-11-10-12-17-29)34-35(40(30)54)39(53)27(6)42-36(34)43(55)45(8,61-42)59-19-18-31(57-9)24(3)41(60-28(7)49)26(5)38(52)25(4)37(22)51/h10-20,22,24-26,31,37-38,41,47,51-54H,21H2,1-9H3,(H,46,56)(H,48,50)/b14-13+,19-18+,23-15-/t22-,24+,25+,26+,31-,37-,38+,41+,45-/m0/s1. The van der Waals surface area contributed by atoms with Gasteiger partial charge in [-0.15, -0.1) is 0 Å². The van der Waals surface area contributed by atoms with Crippen molar-refractivity contribution in [1.82, 2.24) is 5.43 Å². The highest BCUT2D eigenvalue weighted by Crippen LogP contribution is 2.54. The molecule has 0 spiro atoms. The first-order valence-electron chi connectivity index (χ1n) is 19.9. The summed E-state index contributed by atoms with van der Waals surface area (Å²) in [6.45, 7) is 11.9. The summed E-state index contributed by atoms with van der Waals surface area (Å²) in [7, 11) is 1.43. The molecule has 0 saturated heterocycles. The summed E-state index contributed by atoms with van der Waals surface area (Å²) >= 11 is 0. The van der Waals surface area contributed by atoms with E-state index in [9.17, 15) is 39.6 Å². The number of para-hydroxylation sites is 1. The number of phenols is 2. The Kier molecular flexibility index (Phi) is 14.4. The van der Waals surface area contributed by atoms with Crippen LogP contribution >= 0.6 is 0 Å². The number of ketones is 1. The van der Waals surface area contributed by atoms with E-state index in [0.29, 0.717) is 5.69 Å². The zero-order chi connectivity index (χ0) is 44.9. The van der Waals surface area contributed by atoms with Gasteiger partial charge in [-0.3, -0.25) is 30.0 Å². The first-order valence-corrected chi connectivity index (χ1v) is 19.9. The summed E-state index contributed by atoms with van der Waals surface area (Å²) in [5.74, 6) is -8.55. The first-order chi connectivity index (χ1) is 28.8. The molecular formula is C45H55N3O13. The molecule has 3 aliphatic heterocycles. The molecule has 2 amide bonds. The van der Waals surface area contributed by atoms with Crippen LogP contribution < -0.4 is 25.6 Å². The van der Waals surface area contributed by atoms with Gasteiger partial charge in [0.1, 0.15) is 23.4 Å². The predicted molar refractivity (Wildman–Crippen MR) is 226 cm³/mol. The molecule has 0 unspecified atom stereocenters. The number of esters is 1. The average molecular weight is 846 g/mol. The minimum Gasteiger partial charge on any atom is -0.507 e. The number of rotatable bonds is 7. The minimum atomic E-state index is -2.05. The second-order valence-electron chi connectivity index (χ2n) is 15.7. The number of methoxy groups -OCH3 is 1. The molecule has 3 aliphatic rings. The molecule has 0 saturated carbocycles. The molecule has 6 rings (SSSR count). The number of allylic oxidation sites excluding steroid dienone is 2. The topological polar surface area (TPSA) is 231 Å². The summed E-state index contributed by atoms with van der Waals surface area (Å²) in [6, 6.07) is 10.0. The number of carbonyl (C=O) groups excluding carboxylic acids is 4. The smallest absolute Gasteiger partial charge is 0.312 e. The van der Waals surface area contributed by atoms with E-state index in [2.05, 4.69) is 16.2 Å². The van der Waals surface area contributed by atoms with Crippen LogP contribution in [0.4, 0.5) is 11.4 Å². The van der Waals surface area contributed by atoms with Crippen molar-refractivity contribution in [2.75, 3.05) is 24.5 Å². The van der Waals surface area contributed by atoms with Gasteiger partial charge >= 0.3 is 11.8 Å². The van der Waals surface area contributed by atoms with Crippen molar-refractivity contribution in [3.63, 3.8) is 0 Å². The minimum absolute atomic E-state index is 0.0547. The lowest BCUT2D eigenvalue weighted by Gasteiger charge is -2.38. The molecule has 61 heavy (non-hydrogen) atoms. The zero-order valence-corrected chi connectivity index (χ0v) is 35.6. The van der Waals surface area contributed by atoms with Gasteiger partial charge in [0.2, 0.25) is 0 Å². The van der Waals surface area contributed by atoms with Crippen LogP contribution in [0.2, 0.25) is 0 Å². The zero-order valence-electron chi connectivity index (χ0n) is 35.6. The van der Waals surface area contributed by atoms with Gasteiger partial charge in [0.05, 0.1) is 46.9 Å². The van der Waals surface area contributed by atoms with Crippen molar-refractivity contribution in [3.05, 3.63) is 83.7 Å². The lowest BCUT2D eigenvalue weighted by molar-refractivity contribution is -0.160. The van der Waals surface area contributed by atoms with Crippen molar-refractivity contribution in [1.29, 1.82) is 0 Å². The van der Waals surface area contributed by atoms with Gasteiger partial charge in [-0.2, -0.15) is 0 Å². The molecule has 3 aromatic carbocycles. The number of benzene rings is 3. The lowest BCUT2D eigenvalue weighted by Crippen LogP contribution is -2.46. The number of aliphatic hydroxyl groups excluding tert-OH is 2. The Labute approximate surface area is 354 Å². The summed E-state index contributed by atoms with van der Waals surface area (Å²) in [4.78, 5) is 53.4. The molecule has 16 nitrogen and oxygen atoms in total. The fourth-order valence-electron chi connectivity index (χ4n) is 7.59. The summed E-state index contributed by atoms with van der Waals surface area (Å²) in [6.07, 6.45) is 3.49. The number of Topliss-reactive ketones (excluding diaryl/α,β-unsaturated/α-hetero) is 1. The second kappa shape index (κ2) is 19.1. The van der Waals surface area contributed by atoms with Gasteiger partial charge in [0.25, 0.3) is 17.6 Å². The first kappa shape index (κ1) is 46.0. The van der Waals surface area contributed by atoms with Gasteiger partial charge in [-0.05, 0) is 32.1 Å². The molecule has 0 fully saturated rings. The average Bonchev–Trinajstić information content (AvgIpc) is 3.50.